The monoisotopic (exact) mass is 464 g/mol. The van der Waals surface area contributed by atoms with Crippen LogP contribution < -0.4 is 15.0 Å². The minimum absolute atomic E-state index is 0.0303. The third-order valence-electron chi connectivity index (χ3n) is 4.57. The summed E-state index contributed by atoms with van der Waals surface area (Å²) in [7, 11) is 0. The number of anilines is 1. The van der Waals surface area contributed by atoms with Crippen molar-refractivity contribution < 1.29 is 24.2 Å². The Kier molecular flexibility index (Phi) is 5.85. The van der Waals surface area contributed by atoms with E-state index in [9.17, 15) is 19.5 Å². The molecule has 9 heteroatoms. The van der Waals surface area contributed by atoms with Gasteiger partial charge in [-0.15, -0.1) is 11.3 Å². The molecule has 2 N–H and O–H groups in total. The Morgan fingerprint density at radius 2 is 1.75 bits per heavy atom. The highest BCUT2D eigenvalue weighted by molar-refractivity contribution is 7.80. The van der Waals surface area contributed by atoms with Crippen molar-refractivity contribution in [2.24, 2.45) is 0 Å². The van der Waals surface area contributed by atoms with E-state index in [0.717, 1.165) is 4.88 Å². The van der Waals surface area contributed by atoms with Crippen LogP contribution in [0.25, 0.3) is 6.08 Å². The van der Waals surface area contributed by atoms with E-state index in [1.807, 2.05) is 30.3 Å². The molecule has 0 bridgehead atoms. The van der Waals surface area contributed by atoms with E-state index in [4.69, 9.17) is 17.0 Å². The van der Waals surface area contributed by atoms with Crippen molar-refractivity contribution in [1.29, 1.82) is 0 Å². The van der Waals surface area contributed by atoms with Gasteiger partial charge in [-0.2, -0.15) is 0 Å². The summed E-state index contributed by atoms with van der Waals surface area (Å²) in [6.07, 6.45) is 1.29. The van der Waals surface area contributed by atoms with Gasteiger partial charge in [-0.1, -0.05) is 18.2 Å². The van der Waals surface area contributed by atoms with E-state index in [-0.39, 0.29) is 16.2 Å². The number of amides is 2. The summed E-state index contributed by atoms with van der Waals surface area (Å²) in [4.78, 5) is 39.4. The number of carbonyl (C=O) groups is 3. The van der Waals surface area contributed by atoms with Crippen LogP contribution in [0.2, 0.25) is 0 Å². The smallest absolute Gasteiger partial charge is 0.337 e. The Bertz CT molecular complexity index is 1260. The maximum absolute atomic E-state index is 13.2. The van der Waals surface area contributed by atoms with Crippen LogP contribution in [-0.2, 0) is 9.59 Å². The number of rotatable bonds is 5. The molecular weight excluding hydrogens is 448 g/mol. The van der Waals surface area contributed by atoms with E-state index in [1.54, 1.807) is 31.2 Å². The van der Waals surface area contributed by atoms with Crippen molar-refractivity contribution >= 4 is 58.2 Å². The van der Waals surface area contributed by atoms with Crippen molar-refractivity contribution in [3.05, 3.63) is 81.6 Å². The molecular formula is C23H16N2O5S2. The zero-order valence-corrected chi connectivity index (χ0v) is 18.3. The van der Waals surface area contributed by atoms with Crippen LogP contribution in [0.15, 0.2) is 66.2 Å². The van der Waals surface area contributed by atoms with Gasteiger partial charge < -0.3 is 9.84 Å². The van der Waals surface area contributed by atoms with Crippen LogP contribution in [0.4, 0.5) is 5.69 Å². The van der Waals surface area contributed by atoms with Gasteiger partial charge >= 0.3 is 5.97 Å². The summed E-state index contributed by atoms with van der Waals surface area (Å²) in [5.41, 5.74) is 0.266. The Balaban J connectivity index is 1.63. The molecule has 4 rings (SSSR count). The van der Waals surface area contributed by atoms with Crippen LogP contribution in [-0.4, -0.2) is 28.0 Å². The molecule has 3 aromatic rings. The Morgan fingerprint density at radius 3 is 2.41 bits per heavy atom. The van der Waals surface area contributed by atoms with Gasteiger partial charge in [0.25, 0.3) is 11.8 Å². The normalized spacial score (nSPS) is 15.1. The van der Waals surface area contributed by atoms with Crippen molar-refractivity contribution in [2.75, 3.05) is 4.90 Å². The van der Waals surface area contributed by atoms with Gasteiger partial charge in [0, 0.05) is 9.75 Å². The Hall–Kier alpha value is -3.82. The van der Waals surface area contributed by atoms with Gasteiger partial charge in [0.15, 0.2) is 5.11 Å². The van der Waals surface area contributed by atoms with Crippen LogP contribution >= 0.6 is 23.6 Å². The number of nitrogens with one attached hydrogen (secondary N) is 1. The molecule has 1 saturated heterocycles. The highest BCUT2D eigenvalue weighted by atomic mass is 32.1. The number of thiophene rings is 1. The molecule has 1 fully saturated rings. The minimum atomic E-state index is -1.13. The summed E-state index contributed by atoms with van der Waals surface area (Å²) >= 11 is 6.40. The second-order valence-corrected chi connectivity index (χ2v) is 8.48. The zero-order chi connectivity index (χ0) is 22.8. The largest absolute Gasteiger partial charge is 0.478 e. The molecule has 160 valence electrons. The number of ether oxygens (including phenoxy) is 1. The molecule has 2 amide bonds. The maximum atomic E-state index is 13.2. The molecule has 2 aromatic carbocycles. The summed E-state index contributed by atoms with van der Waals surface area (Å²) < 4.78 is 5.76. The zero-order valence-electron chi connectivity index (χ0n) is 16.7. The molecule has 0 aliphatic carbocycles. The second-order valence-electron chi connectivity index (χ2n) is 6.81. The summed E-state index contributed by atoms with van der Waals surface area (Å²) in [6, 6.07) is 17.4. The predicted octanol–water partition coefficient (Wildman–Crippen LogP) is 4.38. The number of benzene rings is 2. The lowest BCUT2D eigenvalue weighted by Gasteiger charge is -2.29. The van der Waals surface area contributed by atoms with Gasteiger partial charge in [-0.05, 0) is 67.7 Å². The first-order chi connectivity index (χ1) is 15.3. The van der Waals surface area contributed by atoms with Crippen LogP contribution in [0, 0.1) is 6.92 Å². The average molecular weight is 465 g/mol. The predicted molar refractivity (Wildman–Crippen MR) is 125 cm³/mol. The van der Waals surface area contributed by atoms with Gasteiger partial charge in [-0.25, -0.2) is 4.79 Å². The van der Waals surface area contributed by atoms with E-state index in [0.29, 0.717) is 22.1 Å². The number of carboxylic acids is 1. The lowest BCUT2D eigenvalue weighted by molar-refractivity contribution is -0.122. The number of para-hydroxylation sites is 1. The molecule has 0 saturated carbocycles. The first kappa shape index (κ1) is 21.4. The number of nitrogens with zero attached hydrogens (tertiary/aromatic N) is 1. The SMILES string of the molecule is Cc1cc(C(=O)O)c(/C=C2\C(=O)NC(=S)N(c3ccc(Oc4ccccc4)cc3)C2=O)s1. The summed E-state index contributed by atoms with van der Waals surface area (Å²) in [5, 5.41) is 11.8. The maximum Gasteiger partial charge on any atom is 0.337 e. The molecule has 7 nitrogen and oxygen atoms in total. The number of hydrogen-bond acceptors (Lipinski definition) is 6. The first-order valence-corrected chi connectivity index (χ1v) is 10.6. The molecule has 0 spiro atoms. The van der Waals surface area contributed by atoms with Crippen molar-refractivity contribution in [3.63, 3.8) is 0 Å². The summed E-state index contributed by atoms with van der Waals surface area (Å²) in [6.45, 7) is 1.75. The molecule has 0 unspecified atom stereocenters. The van der Waals surface area contributed by atoms with Gasteiger partial charge in [0.2, 0.25) is 0 Å². The third kappa shape index (κ3) is 4.29. The molecule has 0 radical (unpaired) electrons. The lowest BCUT2D eigenvalue weighted by atomic mass is 10.1. The molecule has 2 heterocycles. The lowest BCUT2D eigenvalue weighted by Crippen LogP contribution is -2.54. The van der Waals surface area contributed by atoms with Crippen LogP contribution in [0.3, 0.4) is 0 Å². The Labute approximate surface area is 192 Å². The fourth-order valence-electron chi connectivity index (χ4n) is 3.12. The van der Waals surface area contributed by atoms with Gasteiger partial charge in [0.1, 0.15) is 17.1 Å². The highest BCUT2D eigenvalue weighted by Gasteiger charge is 2.35. The van der Waals surface area contributed by atoms with E-state index in [1.165, 1.54) is 28.4 Å². The number of thiocarbonyl (C=S) groups is 1. The quantitative estimate of drug-likeness (QED) is 0.331. The average Bonchev–Trinajstić information content (AvgIpc) is 3.13. The summed E-state index contributed by atoms with van der Waals surface area (Å²) in [5.74, 6) is -1.22. The van der Waals surface area contributed by atoms with Crippen molar-refractivity contribution in [1.82, 2.24) is 5.32 Å². The van der Waals surface area contributed by atoms with Crippen LogP contribution in [0.1, 0.15) is 20.1 Å². The standard InChI is InChI=1S/C23H16N2O5S2/c1-13-11-17(22(28)29)19(32-13)12-18-20(26)24-23(31)25(21(18)27)14-7-9-16(10-8-14)30-15-5-3-2-4-6-15/h2-12H,1H3,(H,28,29)(H,24,26,31)/b18-12+. The van der Waals surface area contributed by atoms with Gasteiger partial charge in [-0.3, -0.25) is 19.8 Å². The van der Waals surface area contributed by atoms with Crippen molar-refractivity contribution in [3.8, 4) is 11.5 Å². The van der Waals surface area contributed by atoms with Crippen molar-refractivity contribution in [2.45, 2.75) is 6.92 Å². The fraction of sp³-hybridized carbons (Fsp3) is 0.0435. The molecule has 0 atom stereocenters. The van der Waals surface area contributed by atoms with Crippen LogP contribution in [0.5, 0.6) is 11.5 Å². The second kappa shape index (κ2) is 8.74. The number of hydrogen-bond donors (Lipinski definition) is 2. The van der Waals surface area contributed by atoms with E-state index >= 15 is 0 Å². The number of aryl methyl sites for hydroxylation is 1. The number of carboxylic acid groups (broad SMARTS) is 1. The third-order valence-corrected chi connectivity index (χ3v) is 5.85. The van der Waals surface area contributed by atoms with E-state index < -0.39 is 17.8 Å². The topological polar surface area (TPSA) is 95.9 Å². The number of aromatic carboxylic acids is 1. The first-order valence-electron chi connectivity index (χ1n) is 9.41. The van der Waals surface area contributed by atoms with Gasteiger partial charge in [0.05, 0.1) is 11.3 Å². The van der Waals surface area contributed by atoms with E-state index in [2.05, 4.69) is 5.32 Å². The fourth-order valence-corrected chi connectivity index (χ4v) is 4.36. The highest BCUT2D eigenvalue weighted by Crippen LogP contribution is 2.29. The Morgan fingerprint density at radius 1 is 1.09 bits per heavy atom. The minimum Gasteiger partial charge on any atom is -0.478 e. The number of carbonyl (C=O) groups excluding carboxylic acids is 2. The molecule has 1 aromatic heterocycles. The molecule has 32 heavy (non-hydrogen) atoms. The molecule has 1 aliphatic heterocycles. The molecule has 1 aliphatic rings.